The Hall–Kier alpha value is -1.56. The average Bonchev–Trinajstić information content (AvgIpc) is 2.30. The molecule has 1 aromatic rings. The molecule has 17 heavy (non-hydrogen) atoms. The minimum Gasteiger partial charge on any atom is -0.476 e. The number of aromatic nitrogens is 2. The molecule has 1 heterocycles. The highest BCUT2D eigenvalue weighted by Gasteiger charge is 2.09. The van der Waals surface area contributed by atoms with Gasteiger partial charge in [-0.15, -0.1) is 0 Å². The summed E-state index contributed by atoms with van der Waals surface area (Å²) >= 11 is 0. The molecule has 6 heteroatoms. The van der Waals surface area contributed by atoms with Crippen LogP contribution in [-0.2, 0) is 4.74 Å². The topological polar surface area (TPSA) is 82.3 Å². The van der Waals surface area contributed by atoms with Crippen LogP contribution in [0.15, 0.2) is 6.33 Å². The normalized spacial score (nSPS) is 10.6. The molecule has 0 saturated carbocycles. The Kier molecular flexibility index (Phi) is 5.48. The third-order valence-electron chi connectivity index (χ3n) is 2.00. The predicted molar refractivity (Wildman–Crippen MR) is 67.1 cm³/mol. The van der Waals surface area contributed by atoms with Crippen molar-refractivity contribution in [2.75, 3.05) is 37.9 Å². The maximum atomic E-state index is 5.90. The number of nitrogen functional groups attached to an aromatic ring is 1. The lowest BCUT2D eigenvalue weighted by Gasteiger charge is -2.12. The molecular weight excluding hydrogens is 220 g/mol. The first-order chi connectivity index (χ1) is 8.15. The van der Waals surface area contributed by atoms with Crippen molar-refractivity contribution in [1.82, 2.24) is 9.97 Å². The van der Waals surface area contributed by atoms with Crippen LogP contribution in [0.25, 0.3) is 0 Å². The standard InChI is InChI=1S/C11H20N4O2/c1-8(2)6-17-11-9(12)10(14-7-15-11)13-4-5-16-3/h7-8H,4-6,12H2,1-3H3,(H,13,14,15). The molecule has 6 nitrogen and oxygen atoms in total. The maximum Gasteiger partial charge on any atom is 0.242 e. The van der Waals surface area contributed by atoms with Crippen LogP contribution in [0.4, 0.5) is 11.5 Å². The van der Waals surface area contributed by atoms with E-state index in [2.05, 4.69) is 29.1 Å². The zero-order valence-corrected chi connectivity index (χ0v) is 10.6. The highest BCUT2D eigenvalue weighted by molar-refractivity contribution is 5.66. The predicted octanol–water partition coefficient (Wildman–Crippen LogP) is 1.15. The second kappa shape index (κ2) is 6.90. The van der Waals surface area contributed by atoms with E-state index in [4.69, 9.17) is 15.2 Å². The lowest BCUT2D eigenvalue weighted by molar-refractivity contribution is 0.210. The van der Waals surface area contributed by atoms with E-state index in [1.807, 2.05) is 0 Å². The van der Waals surface area contributed by atoms with Crippen LogP contribution in [-0.4, -0.2) is 36.8 Å². The lowest BCUT2D eigenvalue weighted by atomic mass is 10.2. The molecule has 0 aliphatic carbocycles. The molecule has 0 spiro atoms. The molecule has 0 unspecified atom stereocenters. The molecule has 0 radical (unpaired) electrons. The summed E-state index contributed by atoms with van der Waals surface area (Å²) in [4.78, 5) is 8.06. The van der Waals surface area contributed by atoms with E-state index in [-0.39, 0.29) is 0 Å². The third kappa shape index (κ3) is 4.44. The van der Waals surface area contributed by atoms with Crippen molar-refractivity contribution in [1.29, 1.82) is 0 Å². The monoisotopic (exact) mass is 240 g/mol. The molecule has 0 bridgehead atoms. The lowest BCUT2D eigenvalue weighted by Crippen LogP contribution is -2.13. The van der Waals surface area contributed by atoms with Gasteiger partial charge in [0, 0.05) is 13.7 Å². The van der Waals surface area contributed by atoms with Gasteiger partial charge in [0.25, 0.3) is 0 Å². The molecule has 1 aromatic heterocycles. The third-order valence-corrected chi connectivity index (χ3v) is 2.00. The van der Waals surface area contributed by atoms with Gasteiger partial charge in [0.1, 0.15) is 12.0 Å². The van der Waals surface area contributed by atoms with Gasteiger partial charge in [0.05, 0.1) is 13.2 Å². The van der Waals surface area contributed by atoms with E-state index < -0.39 is 0 Å². The molecule has 0 saturated heterocycles. The molecule has 0 aliphatic heterocycles. The largest absolute Gasteiger partial charge is 0.476 e. The molecule has 3 N–H and O–H groups in total. The summed E-state index contributed by atoms with van der Waals surface area (Å²) in [6.45, 7) is 5.94. The Labute approximate surface area is 102 Å². The minimum absolute atomic E-state index is 0.425. The van der Waals surface area contributed by atoms with Gasteiger partial charge in [0.2, 0.25) is 5.88 Å². The molecule has 0 amide bonds. The number of nitrogens with two attached hydrogens (primary N) is 1. The van der Waals surface area contributed by atoms with Gasteiger partial charge >= 0.3 is 0 Å². The van der Waals surface area contributed by atoms with Gasteiger partial charge in [-0.3, -0.25) is 0 Å². The molecule has 0 aromatic carbocycles. The number of rotatable bonds is 7. The van der Waals surface area contributed by atoms with Crippen molar-refractivity contribution in [2.45, 2.75) is 13.8 Å². The van der Waals surface area contributed by atoms with E-state index in [9.17, 15) is 0 Å². The number of methoxy groups -OCH3 is 1. The zero-order valence-electron chi connectivity index (χ0n) is 10.6. The van der Waals surface area contributed by atoms with E-state index in [1.165, 1.54) is 6.33 Å². The Morgan fingerprint density at radius 3 is 2.82 bits per heavy atom. The summed E-state index contributed by atoms with van der Waals surface area (Å²) in [6.07, 6.45) is 1.43. The van der Waals surface area contributed by atoms with Crippen molar-refractivity contribution >= 4 is 11.5 Å². The fourth-order valence-electron chi connectivity index (χ4n) is 1.15. The van der Waals surface area contributed by atoms with E-state index in [0.717, 1.165) is 0 Å². The number of hydrogen-bond donors (Lipinski definition) is 2. The Morgan fingerprint density at radius 2 is 2.18 bits per heavy atom. The van der Waals surface area contributed by atoms with E-state index in [0.29, 0.717) is 43.1 Å². The van der Waals surface area contributed by atoms with Crippen molar-refractivity contribution in [3.05, 3.63) is 6.33 Å². The number of anilines is 2. The van der Waals surface area contributed by atoms with Crippen molar-refractivity contribution in [2.24, 2.45) is 5.92 Å². The summed E-state index contributed by atoms with van der Waals surface area (Å²) in [7, 11) is 1.64. The minimum atomic E-state index is 0.425. The van der Waals surface area contributed by atoms with Crippen LogP contribution in [0.5, 0.6) is 5.88 Å². The van der Waals surface area contributed by atoms with E-state index >= 15 is 0 Å². The zero-order chi connectivity index (χ0) is 12.7. The SMILES string of the molecule is COCCNc1ncnc(OCC(C)C)c1N. The first kappa shape index (κ1) is 13.5. The molecule has 0 atom stereocenters. The fraction of sp³-hybridized carbons (Fsp3) is 0.636. The Morgan fingerprint density at radius 1 is 1.41 bits per heavy atom. The highest BCUT2D eigenvalue weighted by Crippen LogP contribution is 2.24. The molecular formula is C11H20N4O2. The Bertz CT molecular complexity index is 344. The van der Waals surface area contributed by atoms with Gasteiger partial charge < -0.3 is 20.5 Å². The average molecular weight is 240 g/mol. The van der Waals surface area contributed by atoms with Crippen molar-refractivity contribution in [3.63, 3.8) is 0 Å². The van der Waals surface area contributed by atoms with Crippen LogP contribution in [0, 0.1) is 5.92 Å². The van der Waals surface area contributed by atoms with Gasteiger partial charge in [-0.2, -0.15) is 4.98 Å². The highest BCUT2D eigenvalue weighted by atomic mass is 16.5. The van der Waals surface area contributed by atoms with Gasteiger partial charge in [-0.05, 0) is 5.92 Å². The van der Waals surface area contributed by atoms with Crippen LogP contribution in [0.2, 0.25) is 0 Å². The quantitative estimate of drug-likeness (QED) is 0.696. The summed E-state index contributed by atoms with van der Waals surface area (Å²) in [5, 5.41) is 3.06. The summed E-state index contributed by atoms with van der Waals surface area (Å²) in [6, 6.07) is 0. The van der Waals surface area contributed by atoms with Crippen molar-refractivity contribution < 1.29 is 9.47 Å². The van der Waals surface area contributed by atoms with Crippen LogP contribution in [0.1, 0.15) is 13.8 Å². The fourth-order valence-corrected chi connectivity index (χ4v) is 1.15. The summed E-state index contributed by atoms with van der Waals surface area (Å²) in [5.41, 5.74) is 6.33. The maximum absolute atomic E-state index is 5.90. The van der Waals surface area contributed by atoms with Crippen molar-refractivity contribution in [3.8, 4) is 5.88 Å². The van der Waals surface area contributed by atoms with Crippen LogP contribution < -0.4 is 15.8 Å². The van der Waals surface area contributed by atoms with Crippen LogP contribution >= 0.6 is 0 Å². The molecule has 0 fully saturated rings. The van der Waals surface area contributed by atoms with Gasteiger partial charge in [0.15, 0.2) is 5.82 Å². The van der Waals surface area contributed by atoms with Gasteiger partial charge in [-0.25, -0.2) is 4.98 Å². The number of hydrogen-bond acceptors (Lipinski definition) is 6. The number of nitrogens with one attached hydrogen (secondary N) is 1. The first-order valence-corrected chi connectivity index (χ1v) is 5.61. The smallest absolute Gasteiger partial charge is 0.242 e. The van der Waals surface area contributed by atoms with Gasteiger partial charge in [-0.1, -0.05) is 13.8 Å². The van der Waals surface area contributed by atoms with E-state index in [1.54, 1.807) is 7.11 Å². The second-order valence-corrected chi connectivity index (χ2v) is 4.07. The summed E-state index contributed by atoms with van der Waals surface area (Å²) in [5.74, 6) is 1.43. The number of nitrogens with zero attached hydrogens (tertiary/aromatic N) is 2. The van der Waals surface area contributed by atoms with Crippen LogP contribution in [0.3, 0.4) is 0 Å². The number of ether oxygens (including phenoxy) is 2. The first-order valence-electron chi connectivity index (χ1n) is 5.61. The molecule has 1 rings (SSSR count). The Balaban J connectivity index is 2.63. The second-order valence-electron chi connectivity index (χ2n) is 4.07. The molecule has 96 valence electrons. The summed E-state index contributed by atoms with van der Waals surface area (Å²) < 4.78 is 10.4. The molecule has 0 aliphatic rings.